The molecule has 0 radical (unpaired) electrons. The van der Waals surface area contributed by atoms with Crippen LogP contribution in [-0.4, -0.2) is 10.6 Å². The molecule has 2 heteroatoms. The molecule has 1 nitrogen and oxygen atoms in total. The second-order valence-corrected chi connectivity index (χ2v) is 4.05. The highest BCUT2D eigenvalue weighted by atomic mass is 32.1. The second kappa shape index (κ2) is 6.03. The molecule has 0 N–H and O–H groups in total. The molecule has 0 aliphatic rings. The summed E-state index contributed by atoms with van der Waals surface area (Å²) in [6.07, 6.45) is 2.14. The maximum absolute atomic E-state index is 5.13. The number of rotatable bonds is 4. The van der Waals surface area contributed by atoms with Crippen molar-refractivity contribution in [2.24, 2.45) is 4.99 Å². The van der Waals surface area contributed by atoms with E-state index in [-0.39, 0.29) is 0 Å². The van der Waals surface area contributed by atoms with Crippen LogP contribution >= 0.6 is 12.2 Å². The van der Waals surface area contributed by atoms with E-state index in [0.29, 0.717) is 0 Å². The summed E-state index contributed by atoms with van der Waals surface area (Å²) in [6.45, 7) is 10.2. The zero-order valence-corrected chi connectivity index (χ0v) is 10.1. The molecule has 0 heterocycles. The molecule has 0 bridgehead atoms. The summed E-state index contributed by atoms with van der Waals surface area (Å²) in [5.41, 5.74) is 3.41. The Bertz CT molecular complexity index is 245. The summed E-state index contributed by atoms with van der Waals surface area (Å²) >= 11 is 5.13. The van der Waals surface area contributed by atoms with Crippen LogP contribution in [0.4, 0.5) is 0 Å². The maximum atomic E-state index is 5.13. The summed E-state index contributed by atoms with van der Waals surface area (Å²) < 4.78 is 0. The van der Waals surface area contributed by atoms with Crippen LogP contribution < -0.4 is 0 Å². The predicted molar refractivity (Wildman–Crippen MR) is 64.7 cm³/mol. The Morgan fingerprint density at radius 1 is 1.15 bits per heavy atom. The van der Waals surface area contributed by atoms with Crippen LogP contribution in [0.5, 0.6) is 0 Å². The van der Waals surface area contributed by atoms with Crippen LogP contribution in [0, 0.1) is 0 Å². The number of hydrogen-bond acceptors (Lipinski definition) is 2. The fraction of sp³-hybridized carbons (Fsp3) is 0.636. The lowest BCUT2D eigenvalue weighted by Crippen LogP contribution is -1.96. The van der Waals surface area contributed by atoms with Gasteiger partial charge < -0.3 is 0 Å². The van der Waals surface area contributed by atoms with E-state index in [0.717, 1.165) is 34.7 Å². The van der Waals surface area contributed by atoms with Crippen LogP contribution in [0.3, 0.4) is 0 Å². The fourth-order valence-corrected chi connectivity index (χ4v) is 1.15. The topological polar surface area (TPSA) is 12.4 Å². The molecule has 0 atom stereocenters. The lowest BCUT2D eigenvalue weighted by molar-refractivity contribution is 0.885. The summed E-state index contributed by atoms with van der Waals surface area (Å²) in [6, 6.07) is 0. The molecule has 74 valence electrons. The Kier molecular flexibility index (Phi) is 5.80. The van der Waals surface area contributed by atoms with Crippen LogP contribution in [0.2, 0.25) is 0 Å². The van der Waals surface area contributed by atoms with E-state index in [1.807, 2.05) is 20.8 Å². The van der Waals surface area contributed by atoms with Crippen molar-refractivity contribution in [2.75, 3.05) is 0 Å². The van der Waals surface area contributed by atoms with Crippen molar-refractivity contribution in [1.82, 2.24) is 0 Å². The average molecular weight is 197 g/mol. The van der Waals surface area contributed by atoms with Gasteiger partial charge in [0.1, 0.15) is 0 Å². The first-order valence-corrected chi connectivity index (χ1v) is 5.12. The van der Waals surface area contributed by atoms with Crippen molar-refractivity contribution >= 4 is 22.8 Å². The van der Waals surface area contributed by atoms with Gasteiger partial charge in [-0.25, -0.2) is 0 Å². The standard InChI is InChI=1S/C11H19NS/c1-6-7-11(12-8(2)3)9(4)10(5)13/h6-7H2,1-5H3/b11-9+. The van der Waals surface area contributed by atoms with Crippen LogP contribution in [-0.2, 0) is 0 Å². The Balaban J connectivity index is 4.88. The summed E-state index contributed by atoms with van der Waals surface area (Å²) in [7, 11) is 0. The smallest absolute Gasteiger partial charge is 0.0442 e. The Morgan fingerprint density at radius 3 is 2.00 bits per heavy atom. The lowest BCUT2D eigenvalue weighted by atomic mass is 10.1. The van der Waals surface area contributed by atoms with Gasteiger partial charge in [-0.05, 0) is 39.7 Å². The summed E-state index contributed by atoms with van der Waals surface area (Å²) in [4.78, 5) is 5.45. The van der Waals surface area contributed by atoms with E-state index in [4.69, 9.17) is 12.2 Å². The van der Waals surface area contributed by atoms with Crippen molar-refractivity contribution < 1.29 is 0 Å². The van der Waals surface area contributed by atoms with Gasteiger partial charge in [0.2, 0.25) is 0 Å². The van der Waals surface area contributed by atoms with Crippen LogP contribution in [0.1, 0.15) is 47.5 Å². The molecule has 0 aromatic heterocycles. The van der Waals surface area contributed by atoms with E-state index >= 15 is 0 Å². The first-order chi connectivity index (χ1) is 5.99. The van der Waals surface area contributed by atoms with E-state index in [1.165, 1.54) is 0 Å². The zero-order chi connectivity index (χ0) is 10.4. The molecule has 0 saturated carbocycles. The first kappa shape index (κ1) is 12.5. The molecule has 0 spiro atoms. The van der Waals surface area contributed by atoms with Crippen molar-refractivity contribution in [3.63, 3.8) is 0 Å². The first-order valence-electron chi connectivity index (χ1n) is 4.71. The third-order valence-corrected chi connectivity index (χ3v) is 2.11. The Morgan fingerprint density at radius 2 is 1.69 bits per heavy atom. The minimum Gasteiger partial charge on any atom is -0.263 e. The molecule has 0 rings (SSSR count). The largest absolute Gasteiger partial charge is 0.263 e. The van der Waals surface area contributed by atoms with E-state index in [1.54, 1.807) is 0 Å². The lowest BCUT2D eigenvalue weighted by Gasteiger charge is -2.06. The molecule has 0 unspecified atom stereocenters. The highest BCUT2D eigenvalue weighted by Crippen LogP contribution is 2.14. The highest BCUT2D eigenvalue weighted by molar-refractivity contribution is 7.80. The van der Waals surface area contributed by atoms with Crippen molar-refractivity contribution in [3.05, 3.63) is 11.3 Å². The highest BCUT2D eigenvalue weighted by Gasteiger charge is 2.01. The van der Waals surface area contributed by atoms with Gasteiger partial charge in [0.05, 0.1) is 0 Å². The van der Waals surface area contributed by atoms with Gasteiger partial charge in [0.15, 0.2) is 0 Å². The fourth-order valence-electron chi connectivity index (χ4n) is 1.04. The van der Waals surface area contributed by atoms with Gasteiger partial charge in [-0.15, -0.1) is 0 Å². The van der Waals surface area contributed by atoms with Gasteiger partial charge in [-0.2, -0.15) is 0 Å². The van der Waals surface area contributed by atoms with Crippen molar-refractivity contribution in [1.29, 1.82) is 0 Å². The molecular formula is C11H19NS. The Labute approximate surface area is 87.0 Å². The molecule has 0 fully saturated rings. The van der Waals surface area contributed by atoms with Crippen molar-refractivity contribution in [3.8, 4) is 0 Å². The quantitative estimate of drug-likeness (QED) is 0.378. The van der Waals surface area contributed by atoms with Crippen LogP contribution in [0.25, 0.3) is 0 Å². The average Bonchev–Trinajstić information content (AvgIpc) is 2.01. The maximum Gasteiger partial charge on any atom is 0.0442 e. The molecule has 0 saturated heterocycles. The predicted octanol–water partition coefficient (Wildman–Crippen LogP) is 3.93. The third kappa shape index (κ3) is 4.94. The molecule has 13 heavy (non-hydrogen) atoms. The van der Waals surface area contributed by atoms with Gasteiger partial charge in [0.25, 0.3) is 0 Å². The molecule has 0 amide bonds. The Hall–Kier alpha value is -0.500. The van der Waals surface area contributed by atoms with Crippen LogP contribution in [0.15, 0.2) is 16.3 Å². The number of thiocarbonyl (C=S) groups is 1. The monoisotopic (exact) mass is 197 g/mol. The van der Waals surface area contributed by atoms with E-state index in [2.05, 4.69) is 18.8 Å². The molecule has 0 aromatic carbocycles. The van der Waals surface area contributed by atoms with Gasteiger partial charge in [-0.1, -0.05) is 25.6 Å². The normalized spacial score (nSPS) is 12.1. The summed E-state index contributed by atoms with van der Waals surface area (Å²) in [5.74, 6) is 0. The number of aliphatic imine (C=N–C) groups is 1. The number of nitrogens with zero attached hydrogens (tertiary/aromatic N) is 1. The number of allylic oxidation sites excluding steroid dienone is 2. The molecule has 0 aromatic rings. The minimum atomic E-state index is 0.952. The third-order valence-electron chi connectivity index (χ3n) is 1.81. The minimum absolute atomic E-state index is 0.952. The molecular weight excluding hydrogens is 178 g/mol. The second-order valence-electron chi connectivity index (χ2n) is 3.44. The van der Waals surface area contributed by atoms with Gasteiger partial charge in [-0.3, -0.25) is 4.99 Å². The molecule has 0 aliphatic heterocycles. The summed E-state index contributed by atoms with van der Waals surface area (Å²) in [5, 5.41) is 0. The van der Waals surface area contributed by atoms with E-state index in [9.17, 15) is 0 Å². The molecule has 0 aliphatic carbocycles. The van der Waals surface area contributed by atoms with Crippen molar-refractivity contribution in [2.45, 2.75) is 47.5 Å². The SMILES string of the molecule is CCC/C(N=C(C)C)=C(/C)C(C)=S. The van der Waals surface area contributed by atoms with Gasteiger partial charge >= 0.3 is 0 Å². The number of hydrogen-bond donors (Lipinski definition) is 0. The van der Waals surface area contributed by atoms with E-state index < -0.39 is 0 Å². The zero-order valence-electron chi connectivity index (χ0n) is 9.27. The van der Waals surface area contributed by atoms with Gasteiger partial charge in [0, 0.05) is 16.3 Å².